The number of ether oxygens (including phenoxy) is 1. The molecule has 2 aliphatic rings. The van der Waals surface area contributed by atoms with E-state index in [0.29, 0.717) is 11.3 Å². The molecule has 328 valence electrons. The number of urea groups is 1. The molecular formula is C40H50N8O12S. The predicted octanol–water partition coefficient (Wildman–Crippen LogP) is -0.0908. The number of aromatic amines is 1. The number of thioether (sulfide) groups is 1. The van der Waals surface area contributed by atoms with Gasteiger partial charge in [0.2, 0.25) is 23.9 Å². The summed E-state index contributed by atoms with van der Waals surface area (Å²) in [5.41, 5.74) is 0.611. The Hall–Kier alpha value is -6.32. The van der Waals surface area contributed by atoms with Gasteiger partial charge in [0.15, 0.2) is 0 Å². The summed E-state index contributed by atoms with van der Waals surface area (Å²) < 4.78 is 6.71. The van der Waals surface area contributed by atoms with Crippen LogP contribution in [-0.4, -0.2) is 120 Å². The van der Waals surface area contributed by atoms with Crippen molar-refractivity contribution in [3.63, 3.8) is 0 Å². The Kier molecular flexibility index (Phi) is 15.2. The van der Waals surface area contributed by atoms with Gasteiger partial charge in [-0.25, -0.2) is 14.4 Å². The normalized spacial score (nSPS) is 20.8. The van der Waals surface area contributed by atoms with Gasteiger partial charge in [-0.2, -0.15) is 11.8 Å². The first-order chi connectivity index (χ1) is 28.9. The Balaban J connectivity index is 1.36. The molecule has 8 atom stereocenters. The van der Waals surface area contributed by atoms with Crippen molar-refractivity contribution in [1.29, 1.82) is 0 Å². The number of aliphatic carboxylic acids is 1. The number of aliphatic hydroxyl groups excluding tert-OH is 1. The van der Waals surface area contributed by atoms with E-state index in [1.807, 2.05) is 6.92 Å². The van der Waals surface area contributed by atoms with Crippen molar-refractivity contribution < 1.29 is 49.1 Å². The van der Waals surface area contributed by atoms with E-state index in [4.69, 9.17) is 4.74 Å². The first-order valence-electron chi connectivity index (χ1n) is 19.3. The van der Waals surface area contributed by atoms with E-state index in [-0.39, 0.29) is 49.0 Å². The van der Waals surface area contributed by atoms with Gasteiger partial charge in [0.05, 0.1) is 12.1 Å². The summed E-state index contributed by atoms with van der Waals surface area (Å²) >= 11 is 1.37. The number of likely N-dealkylation sites (N-methyl/N-ethyl adjacent to an activating group) is 1. The van der Waals surface area contributed by atoms with E-state index in [2.05, 4.69) is 31.6 Å². The number of aromatic hydroxyl groups is 2. The molecule has 1 fully saturated rings. The molecule has 1 saturated heterocycles. The molecule has 2 aromatic carbocycles. The quantitative estimate of drug-likeness (QED) is 0.0901. The monoisotopic (exact) mass is 866 g/mol. The van der Waals surface area contributed by atoms with Crippen LogP contribution >= 0.6 is 11.8 Å². The van der Waals surface area contributed by atoms with Crippen LogP contribution in [0.3, 0.4) is 0 Å². The molecule has 5 amide bonds. The Morgan fingerprint density at radius 1 is 1.00 bits per heavy atom. The average Bonchev–Trinajstić information content (AvgIpc) is 3.58. The van der Waals surface area contributed by atoms with E-state index >= 15 is 0 Å². The van der Waals surface area contributed by atoms with E-state index in [1.54, 1.807) is 30.5 Å². The van der Waals surface area contributed by atoms with Crippen LogP contribution in [0.4, 0.5) is 4.79 Å². The van der Waals surface area contributed by atoms with Crippen LogP contribution in [0, 0.1) is 0 Å². The molecule has 20 nitrogen and oxygen atoms in total. The molecule has 21 heteroatoms. The first-order valence-corrected chi connectivity index (χ1v) is 20.7. The highest BCUT2D eigenvalue weighted by Gasteiger charge is 2.38. The lowest BCUT2D eigenvalue weighted by atomic mass is 9.90. The number of phenolic OH excluding ortho intramolecular Hbond substituents is 2. The molecule has 61 heavy (non-hydrogen) atoms. The fourth-order valence-corrected chi connectivity index (χ4v) is 7.60. The summed E-state index contributed by atoms with van der Waals surface area (Å²) in [5.74, 6) is -3.10. The number of carboxylic acids is 1. The number of fused-ring (bicyclic) bond motifs is 1. The number of carbonyl (C=O) groups excluding carboxylic acids is 4. The number of phenols is 2. The van der Waals surface area contributed by atoms with E-state index in [0.717, 1.165) is 34.2 Å². The van der Waals surface area contributed by atoms with E-state index in [9.17, 15) is 54.0 Å². The van der Waals surface area contributed by atoms with Gasteiger partial charge in [0.25, 0.3) is 5.56 Å². The number of carboxylic acid groups (broad SMARTS) is 1. The average molecular weight is 867 g/mol. The van der Waals surface area contributed by atoms with Gasteiger partial charge in [-0.3, -0.25) is 34.0 Å². The zero-order valence-corrected chi connectivity index (χ0v) is 34.6. The van der Waals surface area contributed by atoms with Crippen molar-refractivity contribution in [2.75, 3.05) is 19.1 Å². The lowest BCUT2D eigenvalue weighted by Gasteiger charge is -2.37. The predicted molar refractivity (Wildman–Crippen MR) is 221 cm³/mol. The molecule has 0 radical (unpaired) electrons. The number of H-pyrrole nitrogens is 1. The molecule has 0 aliphatic carbocycles. The van der Waals surface area contributed by atoms with Crippen molar-refractivity contribution in [2.24, 2.45) is 0 Å². The summed E-state index contributed by atoms with van der Waals surface area (Å²) in [6.45, 7) is 3.40. The third-order valence-electron chi connectivity index (χ3n) is 10.5. The summed E-state index contributed by atoms with van der Waals surface area (Å²) in [6.07, 6.45) is 1.52. The van der Waals surface area contributed by atoms with Crippen LogP contribution in [0.5, 0.6) is 11.5 Å². The summed E-state index contributed by atoms with van der Waals surface area (Å²) in [6, 6.07) is 4.56. The zero-order chi connectivity index (χ0) is 44.5. The van der Waals surface area contributed by atoms with Crippen LogP contribution in [0.1, 0.15) is 55.6 Å². The minimum Gasteiger partial charge on any atom is -0.508 e. The highest BCUT2D eigenvalue weighted by atomic mass is 32.2. The Morgan fingerprint density at radius 3 is 2.41 bits per heavy atom. The number of nitrogens with one attached hydrogen (secondary N) is 6. The summed E-state index contributed by atoms with van der Waals surface area (Å²) in [7, 11) is 1.46. The fourth-order valence-electron chi connectivity index (χ4n) is 7.12. The molecule has 10 N–H and O–H groups in total. The second-order valence-corrected chi connectivity index (χ2v) is 15.8. The molecule has 0 bridgehead atoms. The van der Waals surface area contributed by atoms with Crippen LogP contribution in [0.15, 0.2) is 76.3 Å². The minimum atomic E-state index is -1.49. The third-order valence-corrected chi connectivity index (χ3v) is 11.1. The highest BCUT2D eigenvalue weighted by molar-refractivity contribution is 7.98. The number of amides is 5. The molecule has 0 spiro atoms. The van der Waals surface area contributed by atoms with Gasteiger partial charge in [0.1, 0.15) is 41.5 Å². The standard InChI is InChI=1S/C40H50N8O12S/c1-20-27-9-8-25(50)16-23(27)17-29(42-20)36(55)47(3)21(2)33(35(54)41-19-26-18-31(51)37(60-26)48-12-10-32(52)45-40(48)59)46-34(53)28(11-13-61-4)43-39(58)44-30(38(56)57)15-22-6-5-7-24(49)14-22/h5-10,12,14,16,19-21,28-31,33,37,42,49-51H,11,13,15,17-18H2,1-4H3,(H,41,54)(H,46,53)(H,56,57)(H2,43,44,58)(H,45,52,59)/b26-19+/t20-,21+,28-,29+,30-,31+,33+,37+/m1/s1. The van der Waals surface area contributed by atoms with Crippen molar-refractivity contribution in [3.8, 4) is 11.5 Å². The maximum Gasteiger partial charge on any atom is 0.331 e. The number of benzene rings is 2. The van der Waals surface area contributed by atoms with Gasteiger partial charge >= 0.3 is 17.7 Å². The number of hydrogen-bond donors (Lipinski definition) is 10. The van der Waals surface area contributed by atoms with Gasteiger partial charge in [0, 0.05) is 44.4 Å². The number of hydrogen-bond acceptors (Lipinski definition) is 13. The molecule has 2 aliphatic heterocycles. The van der Waals surface area contributed by atoms with Crippen molar-refractivity contribution in [2.45, 2.75) is 88.1 Å². The smallest absolute Gasteiger partial charge is 0.331 e. The molecule has 0 unspecified atom stereocenters. The number of carbonyl (C=O) groups is 5. The molecular weight excluding hydrogens is 817 g/mol. The maximum absolute atomic E-state index is 14.1. The maximum atomic E-state index is 14.1. The van der Waals surface area contributed by atoms with Gasteiger partial charge in [-0.15, -0.1) is 0 Å². The third kappa shape index (κ3) is 11.7. The molecule has 5 rings (SSSR count). The molecule has 3 aromatic rings. The second kappa shape index (κ2) is 20.3. The number of rotatable bonds is 16. The van der Waals surface area contributed by atoms with Crippen LogP contribution in [-0.2, 0) is 36.8 Å². The number of aromatic nitrogens is 2. The van der Waals surface area contributed by atoms with Gasteiger partial charge in [-0.05, 0) is 79.7 Å². The van der Waals surface area contributed by atoms with Gasteiger partial charge < -0.3 is 51.3 Å². The van der Waals surface area contributed by atoms with Gasteiger partial charge in [-0.1, -0.05) is 18.2 Å². The first kappa shape index (κ1) is 45.8. The van der Waals surface area contributed by atoms with Crippen molar-refractivity contribution in [1.82, 2.24) is 41.0 Å². The highest BCUT2D eigenvalue weighted by Crippen LogP contribution is 2.31. The Morgan fingerprint density at radius 2 is 1.72 bits per heavy atom. The van der Waals surface area contributed by atoms with Crippen molar-refractivity contribution >= 4 is 41.5 Å². The Labute approximate surface area is 353 Å². The summed E-state index contributed by atoms with van der Waals surface area (Å²) in [4.78, 5) is 94.8. The Bertz CT molecular complexity index is 2270. The van der Waals surface area contributed by atoms with Crippen LogP contribution in [0.25, 0.3) is 0 Å². The van der Waals surface area contributed by atoms with E-state index in [1.165, 1.54) is 48.8 Å². The van der Waals surface area contributed by atoms with Crippen molar-refractivity contribution in [3.05, 3.63) is 104 Å². The fraction of sp³-hybridized carbons (Fsp3) is 0.425. The van der Waals surface area contributed by atoms with Crippen LogP contribution < -0.4 is 37.8 Å². The lowest BCUT2D eigenvalue weighted by molar-refractivity contribution is -0.139. The SMILES string of the molecule is CSCC[C@@H](NC(=O)N[C@H](Cc1cccc(O)c1)C(=O)O)C(=O)N[C@H](C(=O)N/C=C1\C[C@H](O)[C@@H](n2ccc(=O)[nH]c2=O)O1)[C@H](C)N(C)C(=O)[C@@H]1Cc2cc(O)ccc2[C@@H](C)N1. The molecule has 1 aromatic heterocycles. The largest absolute Gasteiger partial charge is 0.508 e. The zero-order valence-electron chi connectivity index (χ0n) is 33.8. The number of aliphatic hydroxyl groups is 1. The lowest BCUT2D eigenvalue weighted by Crippen LogP contribution is -2.62. The van der Waals surface area contributed by atoms with Crippen LogP contribution in [0.2, 0.25) is 0 Å². The molecule has 0 saturated carbocycles. The molecule has 3 heterocycles. The number of nitrogens with zero attached hydrogens (tertiary/aromatic N) is 2. The summed E-state index contributed by atoms with van der Waals surface area (Å²) in [5, 5.41) is 53.8. The second-order valence-electron chi connectivity index (χ2n) is 14.8. The topological polar surface area (TPSA) is 294 Å². The van der Waals surface area contributed by atoms with E-state index < -0.39 is 83.5 Å². The minimum absolute atomic E-state index is 0.0402.